The van der Waals surface area contributed by atoms with E-state index in [1.807, 2.05) is 26.0 Å². The van der Waals surface area contributed by atoms with E-state index in [-0.39, 0.29) is 0 Å². The van der Waals surface area contributed by atoms with Crippen molar-refractivity contribution in [2.45, 2.75) is 20.4 Å². The van der Waals surface area contributed by atoms with Gasteiger partial charge in [0.2, 0.25) is 0 Å². The van der Waals surface area contributed by atoms with Gasteiger partial charge >= 0.3 is 0 Å². The fourth-order valence-electron chi connectivity index (χ4n) is 1.47. The molecule has 0 fully saturated rings. The molecule has 0 radical (unpaired) electrons. The third-order valence-electron chi connectivity index (χ3n) is 2.32. The molecule has 0 aliphatic heterocycles. The molecule has 2 N–H and O–H groups in total. The van der Waals surface area contributed by atoms with Crippen molar-refractivity contribution in [3.63, 3.8) is 0 Å². The maximum atomic E-state index is 9.63. The van der Waals surface area contributed by atoms with Crippen LogP contribution < -0.4 is 5.32 Å². The lowest BCUT2D eigenvalue weighted by Crippen LogP contribution is -2.19. The van der Waals surface area contributed by atoms with Crippen molar-refractivity contribution < 1.29 is 9.84 Å². The first-order valence-corrected chi connectivity index (χ1v) is 5.81. The highest BCUT2D eigenvalue weighted by Crippen LogP contribution is 2.17. The molecule has 0 unspecified atom stereocenters. The van der Waals surface area contributed by atoms with Gasteiger partial charge in [0, 0.05) is 18.7 Å². The van der Waals surface area contributed by atoms with Crippen LogP contribution in [0.15, 0.2) is 30.4 Å². The fraction of sp³-hybridized carbons (Fsp3) is 0.429. The summed E-state index contributed by atoms with van der Waals surface area (Å²) in [5.41, 5.74) is 3.10. The number of phenols is 1. The van der Waals surface area contributed by atoms with Gasteiger partial charge in [0.1, 0.15) is 5.75 Å². The van der Waals surface area contributed by atoms with Crippen molar-refractivity contribution in [3.05, 3.63) is 41.5 Å². The molecular formula is C14H21NO2. The Morgan fingerprint density at radius 3 is 2.94 bits per heavy atom. The van der Waals surface area contributed by atoms with Crippen LogP contribution in [0.25, 0.3) is 0 Å². The normalized spacial score (nSPS) is 10.5. The highest BCUT2D eigenvalue weighted by atomic mass is 16.5. The van der Waals surface area contributed by atoms with Crippen LogP contribution in [0.1, 0.15) is 18.1 Å². The summed E-state index contributed by atoms with van der Waals surface area (Å²) in [6.07, 6.45) is 0. The summed E-state index contributed by atoms with van der Waals surface area (Å²) in [5.74, 6) is 0.339. The van der Waals surface area contributed by atoms with E-state index in [2.05, 4.69) is 11.9 Å². The molecule has 1 rings (SSSR count). The molecule has 3 nitrogen and oxygen atoms in total. The Hall–Kier alpha value is -1.32. The number of hydrogen-bond acceptors (Lipinski definition) is 3. The second-order valence-electron chi connectivity index (χ2n) is 4.32. The lowest BCUT2D eigenvalue weighted by atomic mass is 10.1. The van der Waals surface area contributed by atoms with Crippen LogP contribution in [0.2, 0.25) is 0 Å². The number of nitrogens with one attached hydrogen (secondary N) is 1. The lowest BCUT2D eigenvalue weighted by Gasteiger charge is -2.08. The highest BCUT2D eigenvalue weighted by molar-refractivity contribution is 5.35. The van der Waals surface area contributed by atoms with E-state index in [4.69, 9.17) is 4.74 Å². The number of hydrogen-bond donors (Lipinski definition) is 2. The second-order valence-corrected chi connectivity index (χ2v) is 4.32. The van der Waals surface area contributed by atoms with E-state index in [9.17, 15) is 5.11 Å². The number of aryl methyl sites for hydroxylation is 1. The zero-order valence-corrected chi connectivity index (χ0v) is 10.6. The summed E-state index contributed by atoms with van der Waals surface area (Å²) in [7, 11) is 0. The van der Waals surface area contributed by atoms with E-state index >= 15 is 0 Å². The van der Waals surface area contributed by atoms with E-state index < -0.39 is 0 Å². The molecule has 0 heterocycles. The maximum absolute atomic E-state index is 9.63. The Bertz CT molecular complexity index is 374. The molecular weight excluding hydrogens is 214 g/mol. The first-order valence-electron chi connectivity index (χ1n) is 5.81. The summed E-state index contributed by atoms with van der Waals surface area (Å²) >= 11 is 0. The number of rotatable bonds is 7. The molecule has 0 aliphatic carbocycles. The maximum Gasteiger partial charge on any atom is 0.120 e. The summed E-state index contributed by atoms with van der Waals surface area (Å²) in [6.45, 7) is 10.4. The molecule has 0 spiro atoms. The number of aromatic hydroxyl groups is 1. The average molecular weight is 235 g/mol. The SMILES string of the molecule is C=C(C)COCCNCc1cc(C)ccc1O. The largest absolute Gasteiger partial charge is 0.508 e. The van der Waals surface area contributed by atoms with Gasteiger partial charge in [-0.05, 0) is 19.9 Å². The molecule has 3 heteroatoms. The molecule has 17 heavy (non-hydrogen) atoms. The smallest absolute Gasteiger partial charge is 0.120 e. The molecule has 0 amide bonds. The minimum Gasteiger partial charge on any atom is -0.508 e. The van der Waals surface area contributed by atoms with Crippen molar-refractivity contribution in [1.82, 2.24) is 5.32 Å². The third-order valence-corrected chi connectivity index (χ3v) is 2.32. The van der Waals surface area contributed by atoms with E-state index in [1.165, 1.54) is 0 Å². The van der Waals surface area contributed by atoms with Gasteiger partial charge in [-0.1, -0.05) is 29.8 Å². The zero-order chi connectivity index (χ0) is 12.7. The third kappa shape index (κ3) is 5.52. The highest BCUT2D eigenvalue weighted by Gasteiger charge is 2.00. The van der Waals surface area contributed by atoms with Crippen molar-refractivity contribution >= 4 is 0 Å². The van der Waals surface area contributed by atoms with Gasteiger partial charge in [0.05, 0.1) is 13.2 Å². The second kappa shape index (κ2) is 7.09. The zero-order valence-electron chi connectivity index (χ0n) is 10.6. The lowest BCUT2D eigenvalue weighted by molar-refractivity contribution is 0.157. The minimum absolute atomic E-state index is 0.339. The summed E-state index contributed by atoms with van der Waals surface area (Å²) in [6, 6.07) is 5.61. The Balaban J connectivity index is 2.22. The number of phenolic OH excluding ortho intramolecular Hbond substituents is 1. The monoisotopic (exact) mass is 235 g/mol. The van der Waals surface area contributed by atoms with Crippen molar-refractivity contribution in [3.8, 4) is 5.75 Å². The standard InChI is InChI=1S/C14H21NO2/c1-11(2)10-17-7-6-15-9-13-8-12(3)4-5-14(13)16/h4-5,8,15-16H,1,6-7,9-10H2,2-3H3. The van der Waals surface area contributed by atoms with Crippen LogP contribution in [-0.2, 0) is 11.3 Å². The quantitative estimate of drug-likeness (QED) is 0.563. The average Bonchev–Trinajstić information content (AvgIpc) is 2.27. The number of benzene rings is 1. The van der Waals surface area contributed by atoms with Gasteiger partial charge in [-0.15, -0.1) is 0 Å². The van der Waals surface area contributed by atoms with Crippen molar-refractivity contribution in [2.24, 2.45) is 0 Å². The summed E-state index contributed by atoms with van der Waals surface area (Å²) in [5, 5.41) is 12.9. The molecule has 0 bridgehead atoms. The van der Waals surface area contributed by atoms with Crippen LogP contribution in [-0.4, -0.2) is 24.9 Å². The molecule has 0 atom stereocenters. The van der Waals surface area contributed by atoms with E-state index in [1.54, 1.807) is 6.07 Å². The molecule has 1 aromatic carbocycles. The molecule has 0 saturated carbocycles. The predicted molar refractivity (Wildman–Crippen MR) is 70.2 cm³/mol. The van der Waals surface area contributed by atoms with Gasteiger partial charge in [-0.3, -0.25) is 0 Å². The van der Waals surface area contributed by atoms with Gasteiger partial charge in [-0.25, -0.2) is 0 Å². The topological polar surface area (TPSA) is 41.5 Å². The first kappa shape index (κ1) is 13.7. The van der Waals surface area contributed by atoms with Crippen molar-refractivity contribution in [1.29, 1.82) is 0 Å². The minimum atomic E-state index is 0.339. The number of ether oxygens (including phenoxy) is 1. The van der Waals surface area contributed by atoms with Crippen LogP contribution in [0.5, 0.6) is 5.75 Å². The Morgan fingerprint density at radius 2 is 2.24 bits per heavy atom. The molecule has 1 aromatic rings. The fourth-order valence-corrected chi connectivity index (χ4v) is 1.47. The van der Waals surface area contributed by atoms with Crippen LogP contribution in [0, 0.1) is 6.92 Å². The Morgan fingerprint density at radius 1 is 1.47 bits per heavy atom. The summed E-state index contributed by atoms with van der Waals surface area (Å²) < 4.78 is 5.36. The Kier molecular flexibility index (Phi) is 5.73. The van der Waals surface area contributed by atoms with Gasteiger partial charge in [0.25, 0.3) is 0 Å². The predicted octanol–water partition coefficient (Wildman–Crippen LogP) is 2.38. The van der Waals surface area contributed by atoms with Gasteiger partial charge in [0.15, 0.2) is 0 Å². The van der Waals surface area contributed by atoms with Gasteiger partial charge < -0.3 is 15.2 Å². The molecule has 94 valence electrons. The van der Waals surface area contributed by atoms with Crippen molar-refractivity contribution in [2.75, 3.05) is 19.8 Å². The molecule has 0 aromatic heterocycles. The molecule has 0 aliphatic rings. The summed E-state index contributed by atoms with van der Waals surface area (Å²) in [4.78, 5) is 0. The van der Waals surface area contributed by atoms with Gasteiger partial charge in [-0.2, -0.15) is 0 Å². The Labute approximate surface area is 103 Å². The van der Waals surface area contributed by atoms with E-state index in [0.29, 0.717) is 25.5 Å². The van der Waals surface area contributed by atoms with E-state index in [0.717, 1.165) is 23.2 Å². The van der Waals surface area contributed by atoms with Crippen LogP contribution >= 0.6 is 0 Å². The van der Waals surface area contributed by atoms with Crippen LogP contribution in [0.4, 0.5) is 0 Å². The molecule has 0 saturated heterocycles. The first-order chi connectivity index (χ1) is 8.09. The van der Waals surface area contributed by atoms with Crippen LogP contribution in [0.3, 0.4) is 0 Å².